The van der Waals surface area contributed by atoms with Crippen LogP contribution in [0.5, 0.6) is 0 Å². The van der Waals surface area contributed by atoms with Crippen LogP contribution in [-0.2, 0) is 17.6 Å². The van der Waals surface area contributed by atoms with Crippen molar-refractivity contribution in [2.45, 2.75) is 63.8 Å². The van der Waals surface area contributed by atoms with Gasteiger partial charge in [-0.15, -0.1) is 0 Å². The standard InChI is InChI=1S/C19H28N2O/c1-21(18-9-4-2-3-5-10-18)14-19(22)20-17-12-11-15-7-6-8-16(15)13-17/h11-13,18H,2-10,14H2,1H3,(H,20,22). The van der Waals surface area contributed by atoms with E-state index in [-0.39, 0.29) is 5.91 Å². The lowest BCUT2D eigenvalue weighted by Gasteiger charge is -2.26. The summed E-state index contributed by atoms with van der Waals surface area (Å²) < 4.78 is 0. The van der Waals surface area contributed by atoms with E-state index < -0.39 is 0 Å². The second-order valence-corrected chi connectivity index (χ2v) is 6.95. The number of nitrogens with one attached hydrogen (secondary N) is 1. The van der Waals surface area contributed by atoms with Gasteiger partial charge in [-0.25, -0.2) is 0 Å². The van der Waals surface area contributed by atoms with Crippen molar-refractivity contribution in [1.29, 1.82) is 0 Å². The summed E-state index contributed by atoms with van der Waals surface area (Å²) in [6.45, 7) is 0.502. The minimum atomic E-state index is 0.115. The van der Waals surface area contributed by atoms with Gasteiger partial charge in [-0.1, -0.05) is 31.7 Å². The summed E-state index contributed by atoms with van der Waals surface area (Å²) >= 11 is 0. The number of benzene rings is 1. The van der Waals surface area contributed by atoms with Crippen LogP contribution < -0.4 is 5.32 Å². The summed E-state index contributed by atoms with van der Waals surface area (Å²) in [7, 11) is 2.10. The summed E-state index contributed by atoms with van der Waals surface area (Å²) in [4.78, 5) is 14.5. The van der Waals surface area contributed by atoms with Crippen molar-refractivity contribution in [3.05, 3.63) is 29.3 Å². The third-order valence-corrected chi connectivity index (χ3v) is 5.22. The van der Waals surface area contributed by atoms with Gasteiger partial charge in [0.2, 0.25) is 5.91 Å². The normalized spacial score (nSPS) is 19.0. The molecule has 0 aromatic heterocycles. The largest absolute Gasteiger partial charge is 0.325 e. The number of nitrogens with zero attached hydrogens (tertiary/aromatic N) is 1. The lowest BCUT2D eigenvalue weighted by atomic mass is 10.1. The summed E-state index contributed by atoms with van der Waals surface area (Å²) in [5.41, 5.74) is 3.82. The molecule has 22 heavy (non-hydrogen) atoms. The summed E-state index contributed by atoms with van der Waals surface area (Å²) in [6, 6.07) is 6.96. The molecule has 1 aromatic rings. The predicted molar refractivity (Wildman–Crippen MR) is 91.2 cm³/mol. The summed E-state index contributed by atoms with van der Waals surface area (Å²) in [6.07, 6.45) is 11.4. The van der Waals surface area contributed by atoms with E-state index in [9.17, 15) is 4.79 Å². The van der Waals surface area contributed by atoms with E-state index in [0.717, 1.165) is 12.1 Å². The number of anilines is 1. The summed E-state index contributed by atoms with van der Waals surface area (Å²) in [5.74, 6) is 0.115. The average molecular weight is 300 g/mol. The van der Waals surface area contributed by atoms with E-state index >= 15 is 0 Å². The molecule has 0 spiro atoms. The van der Waals surface area contributed by atoms with Crippen LogP contribution in [0.3, 0.4) is 0 Å². The molecule has 1 N–H and O–H groups in total. The van der Waals surface area contributed by atoms with E-state index in [0.29, 0.717) is 12.6 Å². The van der Waals surface area contributed by atoms with Crippen LogP contribution in [0.25, 0.3) is 0 Å². The molecule has 1 aromatic carbocycles. The Kier molecular flexibility index (Phi) is 5.14. The number of fused-ring (bicyclic) bond motifs is 1. The van der Waals surface area contributed by atoms with Crippen LogP contribution in [0, 0.1) is 0 Å². The van der Waals surface area contributed by atoms with Crippen molar-refractivity contribution in [2.75, 3.05) is 18.9 Å². The third-order valence-electron chi connectivity index (χ3n) is 5.22. The maximum absolute atomic E-state index is 12.3. The smallest absolute Gasteiger partial charge is 0.238 e. The van der Waals surface area contributed by atoms with Crippen molar-refractivity contribution in [2.24, 2.45) is 0 Å². The van der Waals surface area contributed by atoms with Crippen LogP contribution in [0.1, 0.15) is 56.1 Å². The van der Waals surface area contributed by atoms with E-state index in [4.69, 9.17) is 0 Å². The Labute approximate surface area is 134 Å². The molecule has 0 unspecified atom stereocenters. The number of aryl methyl sites for hydroxylation is 2. The van der Waals surface area contributed by atoms with Crippen LogP contribution in [0.4, 0.5) is 5.69 Å². The quantitative estimate of drug-likeness (QED) is 0.859. The molecule has 0 heterocycles. The van der Waals surface area contributed by atoms with Gasteiger partial charge >= 0.3 is 0 Å². The Morgan fingerprint density at radius 1 is 1.09 bits per heavy atom. The number of carbonyl (C=O) groups excluding carboxylic acids is 1. The summed E-state index contributed by atoms with van der Waals surface area (Å²) in [5, 5.41) is 3.08. The first kappa shape index (κ1) is 15.5. The topological polar surface area (TPSA) is 32.3 Å². The Balaban J connectivity index is 1.53. The van der Waals surface area contributed by atoms with E-state index in [1.165, 1.54) is 62.5 Å². The first-order valence-electron chi connectivity index (χ1n) is 8.84. The predicted octanol–water partition coefficient (Wildman–Crippen LogP) is 3.77. The van der Waals surface area contributed by atoms with Crippen molar-refractivity contribution in [1.82, 2.24) is 4.90 Å². The van der Waals surface area contributed by atoms with Crippen LogP contribution >= 0.6 is 0 Å². The molecule has 120 valence electrons. The zero-order chi connectivity index (χ0) is 15.4. The zero-order valence-electron chi connectivity index (χ0n) is 13.7. The third kappa shape index (κ3) is 3.89. The fourth-order valence-electron chi connectivity index (χ4n) is 3.90. The second kappa shape index (κ2) is 7.28. The minimum absolute atomic E-state index is 0.115. The lowest BCUT2D eigenvalue weighted by Crippen LogP contribution is -2.37. The van der Waals surface area contributed by atoms with Crippen LogP contribution in [0.2, 0.25) is 0 Å². The fourth-order valence-corrected chi connectivity index (χ4v) is 3.90. The first-order valence-corrected chi connectivity index (χ1v) is 8.84. The molecule has 3 heteroatoms. The number of hydrogen-bond donors (Lipinski definition) is 1. The van der Waals surface area contributed by atoms with Gasteiger partial charge in [-0.3, -0.25) is 9.69 Å². The van der Waals surface area contributed by atoms with Gasteiger partial charge in [0.25, 0.3) is 0 Å². The van der Waals surface area contributed by atoms with Crippen molar-refractivity contribution >= 4 is 11.6 Å². The molecule has 0 bridgehead atoms. The maximum atomic E-state index is 12.3. The number of hydrogen-bond acceptors (Lipinski definition) is 2. The molecular weight excluding hydrogens is 272 g/mol. The van der Waals surface area contributed by atoms with Gasteiger partial charge in [0, 0.05) is 11.7 Å². The zero-order valence-corrected chi connectivity index (χ0v) is 13.7. The van der Waals surface area contributed by atoms with Crippen molar-refractivity contribution in [3.8, 4) is 0 Å². The highest BCUT2D eigenvalue weighted by molar-refractivity contribution is 5.92. The van der Waals surface area contributed by atoms with E-state index in [2.05, 4.69) is 29.4 Å². The molecule has 3 nitrogen and oxygen atoms in total. The van der Waals surface area contributed by atoms with Crippen molar-refractivity contribution in [3.63, 3.8) is 0 Å². The van der Waals surface area contributed by atoms with E-state index in [1.807, 2.05) is 6.07 Å². The van der Waals surface area contributed by atoms with Gasteiger partial charge in [-0.2, -0.15) is 0 Å². The SMILES string of the molecule is CN(CC(=O)Nc1ccc2c(c1)CCC2)C1CCCCCC1. The first-order chi connectivity index (χ1) is 10.7. The molecule has 2 aliphatic carbocycles. The molecule has 0 saturated heterocycles. The molecule has 0 radical (unpaired) electrons. The van der Waals surface area contributed by atoms with Gasteiger partial charge < -0.3 is 5.32 Å². The number of rotatable bonds is 4. The van der Waals surface area contributed by atoms with Crippen LogP contribution in [-0.4, -0.2) is 30.4 Å². The van der Waals surface area contributed by atoms with Crippen molar-refractivity contribution < 1.29 is 4.79 Å². The minimum Gasteiger partial charge on any atom is -0.325 e. The number of likely N-dealkylation sites (N-methyl/N-ethyl adjacent to an activating group) is 1. The molecular formula is C19H28N2O. The Bertz CT molecular complexity index is 518. The molecule has 0 atom stereocenters. The maximum Gasteiger partial charge on any atom is 0.238 e. The highest BCUT2D eigenvalue weighted by Crippen LogP contribution is 2.25. The molecule has 1 amide bonds. The van der Waals surface area contributed by atoms with Gasteiger partial charge in [-0.05, 0) is 62.4 Å². The average Bonchev–Trinajstić information content (AvgIpc) is 2.79. The Morgan fingerprint density at radius 3 is 2.59 bits per heavy atom. The number of amides is 1. The molecule has 1 fully saturated rings. The fraction of sp³-hybridized carbons (Fsp3) is 0.632. The highest BCUT2D eigenvalue weighted by atomic mass is 16.2. The second-order valence-electron chi connectivity index (χ2n) is 6.95. The van der Waals surface area contributed by atoms with Gasteiger partial charge in [0.1, 0.15) is 0 Å². The molecule has 1 saturated carbocycles. The van der Waals surface area contributed by atoms with Gasteiger partial charge in [0.15, 0.2) is 0 Å². The Hall–Kier alpha value is -1.35. The van der Waals surface area contributed by atoms with Crippen LogP contribution in [0.15, 0.2) is 18.2 Å². The lowest BCUT2D eigenvalue weighted by molar-refractivity contribution is -0.117. The molecule has 3 rings (SSSR count). The highest BCUT2D eigenvalue weighted by Gasteiger charge is 2.19. The number of carbonyl (C=O) groups is 1. The molecule has 0 aliphatic heterocycles. The van der Waals surface area contributed by atoms with E-state index in [1.54, 1.807) is 0 Å². The molecule has 2 aliphatic rings. The Morgan fingerprint density at radius 2 is 1.82 bits per heavy atom. The monoisotopic (exact) mass is 300 g/mol. The van der Waals surface area contributed by atoms with Gasteiger partial charge in [0.05, 0.1) is 6.54 Å².